The minimum absolute atomic E-state index is 0.230. The zero-order valence-corrected chi connectivity index (χ0v) is 13.0. The van der Waals surface area contributed by atoms with E-state index in [9.17, 15) is 4.39 Å². The van der Waals surface area contributed by atoms with Gasteiger partial charge >= 0.3 is 0 Å². The topological polar surface area (TPSA) is 28.2 Å². The van der Waals surface area contributed by atoms with Gasteiger partial charge in [0.2, 0.25) is 0 Å². The molecule has 21 heavy (non-hydrogen) atoms. The summed E-state index contributed by atoms with van der Waals surface area (Å²) in [6, 6.07) is 9.05. The molecular formula is C17H22FN3. The zero-order valence-electron chi connectivity index (χ0n) is 13.0. The SMILES string of the molecule is Cc1cc(N(C)c2cccc(F)c2)c(CNC(C)C)cn1. The number of nitrogens with zero attached hydrogens (tertiary/aromatic N) is 2. The van der Waals surface area contributed by atoms with Crippen molar-refractivity contribution in [3.8, 4) is 0 Å². The third-order valence-electron chi connectivity index (χ3n) is 3.36. The van der Waals surface area contributed by atoms with Crippen LogP contribution in [0.2, 0.25) is 0 Å². The predicted octanol–water partition coefficient (Wildman–Crippen LogP) is 3.80. The highest BCUT2D eigenvalue weighted by atomic mass is 19.1. The molecule has 1 N–H and O–H groups in total. The average molecular weight is 287 g/mol. The first kappa shape index (κ1) is 15.4. The lowest BCUT2D eigenvalue weighted by Gasteiger charge is -2.23. The Bertz CT molecular complexity index is 611. The summed E-state index contributed by atoms with van der Waals surface area (Å²) in [4.78, 5) is 6.37. The van der Waals surface area contributed by atoms with Crippen molar-refractivity contribution in [3.63, 3.8) is 0 Å². The van der Waals surface area contributed by atoms with Crippen LogP contribution in [0, 0.1) is 12.7 Å². The number of halogens is 1. The van der Waals surface area contributed by atoms with Gasteiger partial charge in [0.05, 0.1) is 0 Å². The lowest BCUT2D eigenvalue weighted by Crippen LogP contribution is -2.23. The van der Waals surface area contributed by atoms with Gasteiger partial charge in [-0.3, -0.25) is 4.98 Å². The second-order valence-corrected chi connectivity index (χ2v) is 5.53. The molecule has 0 spiro atoms. The van der Waals surface area contributed by atoms with E-state index in [0.717, 1.165) is 29.2 Å². The summed E-state index contributed by atoms with van der Waals surface area (Å²) >= 11 is 0. The first-order chi connectivity index (χ1) is 9.97. The van der Waals surface area contributed by atoms with Gasteiger partial charge in [-0.25, -0.2) is 4.39 Å². The van der Waals surface area contributed by atoms with Crippen molar-refractivity contribution in [1.29, 1.82) is 0 Å². The van der Waals surface area contributed by atoms with Crippen molar-refractivity contribution in [3.05, 3.63) is 53.6 Å². The van der Waals surface area contributed by atoms with Gasteiger partial charge in [-0.2, -0.15) is 0 Å². The van der Waals surface area contributed by atoms with E-state index >= 15 is 0 Å². The molecule has 0 atom stereocenters. The minimum Gasteiger partial charge on any atom is -0.344 e. The molecule has 0 aliphatic rings. The highest BCUT2D eigenvalue weighted by Gasteiger charge is 2.11. The zero-order chi connectivity index (χ0) is 15.4. The summed E-state index contributed by atoms with van der Waals surface area (Å²) in [7, 11) is 1.95. The normalized spacial score (nSPS) is 11.0. The maximum absolute atomic E-state index is 13.4. The number of aromatic nitrogens is 1. The average Bonchev–Trinajstić information content (AvgIpc) is 2.45. The van der Waals surface area contributed by atoms with Crippen LogP contribution < -0.4 is 10.2 Å². The van der Waals surface area contributed by atoms with Gasteiger partial charge in [-0.15, -0.1) is 0 Å². The number of benzene rings is 1. The van der Waals surface area contributed by atoms with Crippen molar-refractivity contribution >= 4 is 11.4 Å². The largest absolute Gasteiger partial charge is 0.344 e. The maximum atomic E-state index is 13.4. The molecular weight excluding hydrogens is 265 g/mol. The van der Waals surface area contributed by atoms with Crippen LogP contribution in [0.3, 0.4) is 0 Å². The Morgan fingerprint density at radius 1 is 1.29 bits per heavy atom. The van der Waals surface area contributed by atoms with E-state index in [1.165, 1.54) is 12.1 Å². The van der Waals surface area contributed by atoms with Gasteiger partial charge in [0.1, 0.15) is 5.82 Å². The van der Waals surface area contributed by atoms with Crippen LogP contribution in [0.25, 0.3) is 0 Å². The van der Waals surface area contributed by atoms with E-state index in [4.69, 9.17) is 0 Å². The molecule has 0 saturated heterocycles. The predicted molar refractivity (Wildman–Crippen MR) is 85.4 cm³/mol. The first-order valence-electron chi connectivity index (χ1n) is 7.15. The fraction of sp³-hybridized carbons (Fsp3) is 0.353. The van der Waals surface area contributed by atoms with E-state index < -0.39 is 0 Å². The minimum atomic E-state index is -0.230. The Morgan fingerprint density at radius 2 is 2.05 bits per heavy atom. The van der Waals surface area contributed by atoms with E-state index in [2.05, 4.69) is 24.1 Å². The third-order valence-corrected chi connectivity index (χ3v) is 3.36. The second-order valence-electron chi connectivity index (χ2n) is 5.53. The number of rotatable bonds is 5. The van der Waals surface area contributed by atoms with Crippen molar-refractivity contribution in [2.75, 3.05) is 11.9 Å². The standard InChI is InChI=1S/C17H22FN3/c1-12(2)19-10-14-11-20-13(3)8-17(14)21(4)16-7-5-6-15(18)9-16/h5-9,11-12,19H,10H2,1-4H3. The number of pyridine rings is 1. The lowest BCUT2D eigenvalue weighted by molar-refractivity contribution is 0.588. The Balaban J connectivity index is 2.34. The molecule has 0 amide bonds. The van der Waals surface area contributed by atoms with E-state index in [1.807, 2.05) is 37.2 Å². The fourth-order valence-electron chi connectivity index (χ4n) is 2.16. The molecule has 0 aliphatic carbocycles. The van der Waals surface area contributed by atoms with Crippen molar-refractivity contribution in [2.24, 2.45) is 0 Å². The Kier molecular flexibility index (Phi) is 4.91. The molecule has 0 fully saturated rings. The molecule has 3 nitrogen and oxygen atoms in total. The van der Waals surface area contributed by atoms with Crippen molar-refractivity contribution < 1.29 is 4.39 Å². The summed E-state index contributed by atoms with van der Waals surface area (Å²) < 4.78 is 13.4. The van der Waals surface area contributed by atoms with Crippen LogP contribution in [0.1, 0.15) is 25.1 Å². The van der Waals surface area contributed by atoms with Gasteiger partial charge in [0.15, 0.2) is 0 Å². The lowest BCUT2D eigenvalue weighted by atomic mass is 10.1. The number of nitrogens with one attached hydrogen (secondary N) is 1. The Labute approximate surface area is 125 Å². The van der Waals surface area contributed by atoms with E-state index in [0.29, 0.717) is 6.04 Å². The first-order valence-corrected chi connectivity index (χ1v) is 7.15. The van der Waals surface area contributed by atoms with Gasteiger partial charge in [-0.1, -0.05) is 19.9 Å². The number of aryl methyl sites for hydroxylation is 1. The van der Waals surface area contributed by atoms with Gasteiger partial charge in [0, 0.05) is 48.5 Å². The number of hydrogen-bond acceptors (Lipinski definition) is 3. The summed E-state index contributed by atoms with van der Waals surface area (Å²) in [6.07, 6.45) is 1.88. The molecule has 4 heteroatoms. The summed E-state index contributed by atoms with van der Waals surface area (Å²) in [5.74, 6) is -0.230. The van der Waals surface area contributed by atoms with Crippen LogP contribution in [0.5, 0.6) is 0 Å². The highest BCUT2D eigenvalue weighted by Crippen LogP contribution is 2.27. The van der Waals surface area contributed by atoms with E-state index in [-0.39, 0.29) is 5.82 Å². The van der Waals surface area contributed by atoms with Crippen LogP contribution in [-0.4, -0.2) is 18.1 Å². The van der Waals surface area contributed by atoms with Crippen LogP contribution >= 0.6 is 0 Å². The molecule has 112 valence electrons. The summed E-state index contributed by atoms with van der Waals surface area (Å²) in [6.45, 7) is 6.91. The van der Waals surface area contributed by atoms with Crippen LogP contribution in [-0.2, 0) is 6.54 Å². The third kappa shape index (κ3) is 4.02. The summed E-state index contributed by atoms with van der Waals surface area (Å²) in [5.41, 5.74) is 3.91. The summed E-state index contributed by atoms with van der Waals surface area (Å²) in [5, 5.41) is 3.40. The Morgan fingerprint density at radius 3 is 2.71 bits per heavy atom. The maximum Gasteiger partial charge on any atom is 0.125 e. The second kappa shape index (κ2) is 6.68. The Hall–Kier alpha value is -1.94. The fourth-order valence-corrected chi connectivity index (χ4v) is 2.16. The smallest absolute Gasteiger partial charge is 0.125 e. The van der Waals surface area contributed by atoms with Crippen LogP contribution in [0.4, 0.5) is 15.8 Å². The molecule has 1 heterocycles. The van der Waals surface area contributed by atoms with Crippen molar-refractivity contribution in [1.82, 2.24) is 10.3 Å². The monoisotopic (exact) mass is 287 g/mol. The van der Waals surface area contributed by atoms with Crippen molar-refractivity contribution in [2.45, 2.75) is 33.4 Å². The molecule has 2 rings (SSSR count). The molecule has 2 aromatic rings. The van der Waals surface area contributed by atoms with Crippen LogP contribution in [0.15, 0.2) is 36.5 Å². The molecule has 1 aromatic heterocycles. The highest BCUT2D eigenvalue weighted by molar-refractivity contribution is 5.65. The van der Waals surface area contributed by atoms with Gasteiger partial charge < -0.3 is 10.2 Å². The number of anilines is 2. The number of hydrogen-bond donors (Lipinski definition) is 1. The molecule has 1 aromatic carbocycles. The van der Waals surface area contributed by atoms with E-state index in [1.54, 1.807) is 6.07 Å². The quantitative estimate of drug-likeness (QED) is 0.906. The molecule has 0 saturated carbocycles. The molecule has 0 bridgehead atoms. The molecule has 0 radical (unpaired) electrons. The molecule has 0 unspecified atom stereocenters. The van der Waals surface area contributed by atoms with Gasteiger partial charge in [-0.05, 0) is 31.2 Å². The molecule has 0 aliphatic heterocycles. The van der Waals surface area contributed by atoms with Gasteiger partial charge in [0.25, 0.3) is 0 Å².